The maximum atomic E-state index is 14.9. The first kappa shape index (κ1) is 19.2. The number of halogens is 3. The van der Waals surface area contributed by atoms with Crippen LogP contribution in [0.15, 0.2) is 24.4 Å². The lowest BCUT2D eigenvalue weighted by molar-refractivity contribution is -0.0465. The summed E-state index contributed by atoms with van der Waals surface area (Å²) in [5.41, 5.74) is -2.02. The zero-order chi connectivity index (χ0) is 20.8. The van der Waals surface area contributed by atoms with Crippen LogP contribution in [0.5, 0.6) is 0 Å². The Labute approximate surface area is 165 Å². The number of fused-ring (bicyclic) bond motifs is 1. The zero-order valence-electron chi connectivity index (χ0n) is 15.9. The minimum atomic E-state index is -3.43. The van der Waals surface area contributed by atoms with Gasteiger partial charge in [-0.2, -0.15) is 5.10 Å². The Balaban J connectivity index is 1.78. The lowest BCUT2D eigenvalue weighted by atomic mass is 9.81. The molecule has 6 nitrogen and oxygen atoms in total. The van der Waals surface area contributed by atoms with Crippen molar-refractivity contribution in [2.24, 2.45) is 5.92 Å². The fraction of sp³-hybridized carbons (Fsp3) is 0.400. The van der Waals surface area contributed by atoms with Crippen LogP contribution in [0, 0.1) is 23.6 Å². The summed E-state index contributed by atoms with van der Waals surface area (Å²) < 4.78 is 44.4. The molecule has 9 heteroatoms. The van der Waals surface area contributed by atoms with Crippen LogP contribution in [0.1, 0.15) is 30.9 Å². The van der Waals surface area contributed by atoms with Crippen molar-refractivity contribution in [2.45, 2.75) is 37.8 Å². The highest BCUT2D eigenvalue weighted by molar-refractivity contribution is 5.95. The van der Waals surface area contributed by atoms with Crippen LogP contribution in [-0.2, 0) is 12.1 Å². The number of H-pyrrole nitrogens is 1. The number of nitrogens with one attached hydrogen (secondary N) is 3. The standard InChI is InChI=1S/C20H20F3N5O/c1-19(22,23)20(7-5-12-3-4-12)14-10-15(21)13(9-16(14)25-18(29)26-20)11-28(2)17-6-8-24-27-17/h6,8-10,12H,3-4,11H2,1-2H3,(H,24,27)(H2,25,26,29)/t20-/m0/s1. The van der Waals surface area contributed by atoms with Crippen molar-refractivity contribution in [1.29, 1.82) is 0 Å². The van der Waals surface area contributed by atoms with Crippen molar-refractivity contribution in [3.05, 3.63) is 41.3 Å². The predicted octanol–water partition coefficient (Wildman–Crippen LogP) is 3.58. The summed E-state index contributed by atoms with van der Waals surface area (Å²) in [6, 6.07) is 3.33. The molecule has 1 aromatic carbocycles. The van der Waals surface area contributed by atoms with Crippen molar-refractivity contribution >= 4 is 17.5 Å². The van der Waals surface area contributed by atoms with Crippen molar-refractivity contribution in [1.82, 2.24) is 15.5 Å². The molecule has 2 heterocycles. The molecule has 1 saturated carbocycles. The van der Waals surface area contributed by atoms with Crippen molar-refractivity contribution in [3.8, 4) is 11.8 Å². The van der Waals surface area contributed by atoms with E-state index in [1.54, 1.807) is 24.2 Å². The zero-order valence-corrected chi connectivity index (χ0v) is 15.9. The van der Waals surface area contributed by atoms with Gasteiger partial charge in [-0.3, -0.25) is 5.10 Å². The topological polar surface area (TPSA) is 73.1 Å². The molecule has 0 saturated heterocycles. The number of anilines is 2. The molecule has 2 aliphatic rings. The lowest BCUT2D eigenvalue weighted by Crippen LogP contribution is -2.59. The van der Waals surface area contributed by atoms with E-state index in [1.807, 2.05) is 0 Å². The number of aromatic amines is 1. The number of hydrogen-bond donors (Lipinski definition) is 3. The quantitative estimate of drug-likeness (QED) is 0.684. The molecule has 0 unspecified atom stereocenters. The molecule has 2 amide bonds. The number of aromatic nitrogens is 2. The number of amides is 2. The molecular weight excluding hydrogens is 383 g/mol. The van der Waals surface area contributed by atoms with E-state index in [0.717, 1.165) is 18.9 Å². The number of benzene rings is 1. The molecule has 1 aliphatic heterocycles. The van der Waals surface area contributed by atoms with Gasteiger partial charge in [0.05, 0.1) is 0 Å². The van der Waals surface area contributed by atoms with Crippen LogP contribution in [-0.4, -0.2) is 29.2 Å². The minimum absolute atomic E-state index is 0.0380. The molecule has 0 bridgehead atoms. The molecule has 0 spiro atoms. The minimum Gasteiger partial charge on any atom is -0.354 e. The highest BCUT2D eigenvalue weighted by Crippen LogP contribution is 2.44. The molecule has 3 N–H and O–H groups in total. The van der Waals surface area contributed by atoms with E-state index in [0.29, 0.717) is 12.7 Å². The van der Waals surface area contributed by atoms with E-state index in [-0.39, 0.29) is 29.3 Å². The van der Waals surface area contributed by atoms with Gasteiger partial charge >= 0.3 is 6.03 Å². The Kier molecular flexibility index (Phi) is 4.45. The number of carbonyl (C=O) groups is 1. The van der Waals surface area contributed by atoms with Gasteiger partial charge in [0.25, 0.3) is 5.92 Å². The second-order valence-corrected chi connectivity index (χ2v) is 7.54. The molecule has 29 heavy (non-hydrogen) atoms. The van der Waals surface area contributed by atoms with Gasteiger partial charge in [-0.1, -0.05) is 11.8 Å². The number of carbonyl (C=O) groups excluding carboxylic acids is 1. The first-order valence-electron chi connectivity index (χ1n) is 9.23. The molecular formula is C20H20F3N5O. The van der Waals surface area contributed by atoms with E-state index < -0.39 is 23.3 Å². The number of alkyl halides is 2. The van der Waals surface area contributed by atoms with Crippen LogP contribution >= 0.6 is 0 Å². The smallest absolute Gasteiger partial charge is 0.320 e. The highest BCUT2D eigenvalue weighted by atomic mass is 19.3. The van der Waals surface area contributed by atoms with Gasteiger partial charge in [-0.25, -0.2) is 18.0 Å². The Morgan fingerprint density at radius 2 is 2.14 bits per heavy atom. The Morgan fingerprint density at radius 1 is 1.38 bits per heavy atom. The van der Waals surface area contributed by atoms with Gasteiger partial charge < -0.3 is 15.5 Å². The van der Waals surface area contributed by atoms with E-state index in [1.165, 1.54) is 6.07 Å². The second kappa shape index (κ2) is 6.72. The number of hydrogen-bond acceptors (Lipinski definition) is 3. The number of rotatable bonds is 4. The number of nitrogens with zero attached hydrogens (tertiary/aromatic N) is 2. The fourth-order valence-corrected chi connectivity index (χ4v) is 3.34. The first-order chi connectivity index (χ1) is 13.7. The van der Waals surface area contributed by atoms with Crippen molar-refractivity contribution in [3.63, 3.8) is 0 Å². The molecule has 4 rings (SSSR count). The first-order valence-corrected chi connectivity index (χ1v) is 9.23. The Hall–Kier alpha value is -3.15. The van der Waals surface area contributed by atoms with Gasteiger partial charge in [0.2, 0.25) is 0 Å². The number of urea groups is 1. The van der Waals surface area contributed by atoms with Crippen LogP contribution in [0.25, 0.3) is 0 Å². The molecule has 1 fully saturated rings. The normalized spacial score (nSPS) is 20.8. The van der Waals surface area contributed by atoms with E-state index >= 15 is 0 Å². The van der Waals surface area contributed by atoms with Crippen molar-refractivity contribution < 1.29 is 18.0 Å². The second-order valence-electron chi connectivity index (χ2n) is 7.54. The Morgan fingerprint density at radius 3 is 2.76 bits per heavy atom. The third-order valence-electron chi connectivity index (χ3n) is 5.12. The van der Waals surface area contributed by atoms with Gasteiger partial charge in [0.1, 0.15) is 11.6 Å². The summed E-state index contributed by atoms with van der Waals surface area (Å²) in [5, 5.41) is 11.5. The largest absolute Gasteiger partial charge is 0.354 e. The highest BCUT2D eigenvalue weighted by Gasteiger charge is 2.55. The summed E-state index contributed by atoms with van der Waals surface area (Å²) in [6.45, 7) is 0.817. The molecule has 1 aliphatic carbocycles. The summed E-state index contributed by atoms with van der Waals surface area (Å²) in [6.07, 6.45) is 3.31. The van der Waals surface area contributed by atoms with Gasteiger partial charge in [0.15, 0.2) is 5.54 Å². The van der Waals surface area contributed by atoms with E-state index in [2.05, 4.69) is 32.7 Å². The fourth-order valence-electron chi connectivity index (χ4n) is 3.34. The maximum absolute atomic E-state index is 14.9. The average Bonchev–Trinajstić information content (AvgIpc) is 3.30. The van der Waals surface area contributed by atoms with Crippen LogP contribution < -0.4 is 15.5 Å². The van der Waals surface area contributed by atoms with Crippen LogP contribution in [0.3, 0.4) is 0 Å². The summed E-state index contributed by atoms with van der Waals surface area (Å²) in [4.78, 5) is 13.9. The van der Waals surface area contributed by atoms with Gasteiger partial charge in [-0.15, -0.1) is 0 Å². The Bertz CT molecular complexity index is 1000. The average molecular weight is 403 g/mol. The molecule has 0 radical (unpaired) electrons. The van der Waals surface area contributed by atoms with Crippen molar-refractivity contribution in [2.75, 3.05) is 17.3 Å². The third-order valence-corrected chi connectivity index (χ3v) is 5.12. The van der Waals surface area contributed by atoms with Crippen LogP contribution in [0.4, 0.5) is 29.5 Å². The summed E-state index contributed by atoms with van der Waals surface area (Å²) in [5.74, 6) is 1.92. The molecule has 2 aromatic rings. The molecule has 152 valence electrons. The monoisotopic (exact) mass is 403 g/mol. The summed E-state index contributed by atoms with van der Waals surface area (Å²) >= 11 is 0. The van der Waals surface area contributed by atoms with E-state index in [4.69, 9.17) is 0 Å². The lowest BCUT2D eigenvalue weighted by Gasteiger charge is -2.40. The van der Waals surface area contributed by atoms with Gasteiger partial charge in [-0.05, 0) is 25.0 Å². The van der Waals surface area contributed by atoms with E-state index in [9.17, 15) is 18.0 Å². The third kappa shape index (κ3) is 3.50. The van der Waals surface area contributed by atoms with Crippen LogP contribution in [0.2, 0.25) is 0 Å². The van der Waals surface area contributed by atoms with Gasteiger partial charge in [0, 0.05) is 55.5 Å². The molecule has 1 atom stereocenters. The molecule has 1 aromatic heterocycles. The summed E-state index contributed by atoms with van der Waals surface area (Å²) in [7, 11) is 1.72. The SMILES string of the molecule is CN(Cc1cc2c(cc1F)[C@@](C#CC1CC1)(C(C)(F)F)NC(=O)N2)c1cc[nH]n1. The predicted molar refractivity (Wildman–Crippen MR) is 102 cm³/mol. The maximum Gasteiger partial charge on any atom is 0.320 e.